The van der Waals surface area contributed by atoms with Gasteiger partial charge >= 0.3 is 21.6 Å². The monoisotopic (exact) mass is 573 g/mol. The van der Waals surface area contributed by atoms with Crippen LogP contribution in [-0.2, 0) is 34.3 Å². The molecule has 0 atom stereocenters. The normalized spacial score (nSPS) is 11.8. The van der Waals surface area contributed by atoms with Gasteiger partial charge in [0, 0.05) is 25.8 Å². The molecule has 3 aromatic rings. The summed E-state index contributed by atoms with van der Waals surface area (Å²) in [6.45, 7) is 2.88. The fourth-order valence-corrected chi connectivity index (χ4v) is 4.37. The molecule has 14 heteroatoms. The predicted molar refractivity (Wildman–Crippen MR) is 140 cm³/mol. The number of methoxy groups -OCH3 is 1. The first-order valence-electron chi connectivity index (χ1n) is 11.5. The van der Waals surface area contributed by atoms with E-state index in [1.165, 1.54) is 22.9 Å². The van der Waals surface area contributed by atoms with Gasteiger partial charge in [0.15, 0.2) is 5.15 Å². The second kappa shape index (κ2) is 12.5. The molecule has 38 heavy (non-hydrogen) atoms. The largest absolute Gasteiger partial charge is 0.516 e. The summed E-state index contributed by atoms with van der Waals surface area (Å²) < 4.78 is 69.9. The molecule has 0 spiro atoms. The molecule has 206 valence electrons. The first-order valence-corrected chi connectivity index (χ1v) is 13.4. The maximum absolute atomic E-state index is 12.7. The molecule has 2 amide bonds. The third-order valence-corrected chi connectivity index (χ3v) is 6.82. The molecule has 0 bridgehead atoms. The lowest BCUT2D eigenvalue weighted by Crippen LogP contribution is -2.30. The van der Waals surface area contributed by atoms with Gasteiger partial charge in [-0.15, -0.1) is 0 Å². The van der Waals surface area contributed by atoms with Crippen molar-refractivity contribution >= 4 is 44.7 Å². The lowest BCUT2D eigenvalue weighted by molar-refractivity contribution is -0.0429. The van der Waals surface area contributed by atoms with Gasteiger partial charge in [0.05, 0.1) is 23.7 Å². The standard InChI is InChI=1S/C24H27ClF3N5O4S/c1-3-4-9-21-31-22(25)20(15-37-2)33(21)14-16-10-12-17(13-11-16)29-23(34)30-18-7-5-6-8-19(18)32-38(35,36)24(26,27)28/h5-8,10-13,32H,3-4,9,14-15H2,1-2H3,(H2,29,30,34). The third kappa shape index (κ3) is 7.39. The minimum absolute atomic E-state index is 0.156. The fraction of sp³-hybridized carbons (Fsp3) is 0.333. The number of carbonyl (C=O) groups is 1. The summed E-state index contributed by atoms with van der Waals surface area (Å²) >= 11 is 6.33. The molecule has 3 rings (SSSR count). The number of hydrogen-bond acceptors (Lipinski definition) is 5. The molecule has 1 heterocycles. The number of imidazole rings is 1. The van der Waals surface area contributed by atoms with Crippen LogP contribution in [0.25, 0.3) is 0 Å². The van der Waals surface area contributed by atoms with E-state index in [0.29, 0.717) is 24.0 Å². The van der Waals surface area contributed by atoms with Crippen LogP contribution in [0.2, 0.25) is 5.15 Å². The van der Waals surface area contributed by atoms with Gasteiger partial charge < -0.3 is 19.9 Å². The van der Waals surface area contributed by atoms with Gasteiger partial charge in [0.25, 0.3) is 0 Å². The number of hydrogen-bond donors (Lipinski definition) is 3. The molecule has 0 saturated heterocycles. The molecule has 1 aromatic heterocycles. The molecule has 0 fully saturated rings. The number of ether oxygens (including phenoxy) is 1. The minimum atomic E-state index is -5.66. The Morgan fingerprint density at radius 3 is 2.34 bits per heavy atom. The van der Waals surface area contributed by atoms with E-state index in [4.69, 9.17) is 16.3 Å². The molecule has 0 aliphatic heterocycles. The van der Waals surface area contributed by atoms with Crippen LogP contribution in [0.3, 0.4) is 0 Å². The van der Waals surface area contributed by atoms with Crippen molar-refractivity contribution in [2.45, 2.75) is 44.8 Å². The molecular formula is C24H27ClF3N5O4S. The van der Waals surface area contributed by atoms with Crippen LogP contribution in [-0.4, -0.2) is 36.6 Å². The number of aromatic nitrogens is 2. The third-order valence-electron chi connectivity index (χ3n) is 5.41. The summed E-state index contributed by atoms with van der Waals surface area (Å²) in [6, 6.07) is 11.3. The van der Waals surface area contributed by atoms with Crippen LogP contribution in [0.4, 0.5) is 35.0 Å². The average molecular weight is 574 g/mol. The van der Waals surface area contributed by atoms with Crippen LogP contribution in [0.5, 0.6) is 0 Å². The van der Waals surface area contributed by atoms with Gasteiger partial charge in [-0.05, 0) is 36.2 Å². The smallest absolute Gasteiger partial charge is 0.378 e. The molecule has 3 N–H and O–H groups in total. The molecule has 9 nitrogen and oxygen atoms in total. The van der Waals surface area contributed by atoms with Crippen molar-refractivity contribution in [1.82, 2.24) is 9.55 Å². The average Bonchev–Trinajstić information content (AvgIpc) is 3.13. The van der Waals surface area contributed by atoms with Gasteiger partial charge in [-0.25, -0.2) is 9.78 Å². The van der Waals surface area contributed by atoms with E-state index >= 15 is 0 Å². The van der Waals surface area contributed by atoms with E-state index in [9.17, 15) is 26.4 Å². The van der Waals surface area contributed by atoms with Crippen molar-refractivity contribution in [3.63, 3.8) is 0 Å². The lowest BCUT2D eigenvalue weighted by Gasteiger charge is -2.15. The first kappa shape index (κ1) is 29.3. The van der Waals surface area contributed by atoms with Crippen molar-refractivity contribution in [1.29, 1.82) is 0 Å². The summed E-state index contributed by atoms with van der Waals surface area (Å²) in [5.41, 5.74) is -4.01. The molecule has 0 aliphatic rings. The zero-order chi connectivity index (χ0) is 27.9. The summed E-state index contributed by atoms with van der Waals surface area (Å²) in [5, 5.41) is 5.31. The van der Waals surface area contributed by atoms with Gasteiger partial charge in [0.2, 0.25) is 0 Å². The second-order valence-electron chi connectivity index (χ2n) is 8.26. The number of para-hydroxylation sites is 2. The number of halogens is 4. The topological polar surface area (TPSA) is 114 Å². The Kier molecular flexibility index (Phi) is 9.63. The van der Waals surface area contributed by atoms with Crippen LogP contribution in [0, 0.1) is 0 Å². The van der Waals surface area contributed by atoms with E-state index in [1.54, 1.807) is 31.4 Å². The van der Waals surface area contributed by atoms with E-state index < -0.39 is 27.3 Å². The van der Waals surface area contributed by atoms with Crippen molar-refractivity contribution in [3.8, 4) is 0 Å². The van der Waals surface area contributed by atoms with E-state index in [0.717, 1.165) is 42.4 Å². The second-order valence-corrected chi connectivity index (χ2v) is 10.3. The highest BCUT2D eigenvalue weighted by Gasteiger charge is 2.46. The van der Waals surface area contributed by atoms with E-state index in [2.05, 4.69) is 22.5 Å². The number of urea groups is 1. The fourth-order valence-electron chi connectivity index (χ4n) is 3.54. The number of nitrogens with one attached hydrogen (secondary N) is 3. The van der Waals surface area contributed by atoms with E-state index in [-0.39, 0.29) is 5.69 Å². The number of benzene rings is 2. The summed E-state index contributed by atoms with van der Waals surface area (Å²) in [4.78, 5) is 17.0. The zero-order valence-corrected chi connectivity index (χ0v) is 22.2. The summed E-state index contributed by atoms with van der Waals surface area (Å²) in [5.74, 6) is 0.852. The number of aryl methyl sites for hydroxylation is 1. The number of carbonyl (C=O) groups excluding carboxylic acids is 1. The number of anilines is 3. The van der Waals surface area contributed by atoms with E-state index in [1.807, 2.05) is 4.57 Å². The SMILES string of the molecule is CCCCc1nc(Cl)c(COC)n1Cc1ccc(NC(=O)Nc2ccccc2NS(=O)(=O)C(F)(F)F)cc1. The molecule has 0 aliphatic carbocycles. The summed E-state index contributed by atoms with van der Waals surface area (Å²) in [7, 11) is -4.08. The number of alkyl halides is 3. The zero-order valence-electron chi connectivity index (χ0n) is 20.6. The molecule has 2 aromatic carbocycles. The van der Waals surface area contributed by atoms with Gasteiger partial charge in [-0.3, -0.25) is 4.72 Å². The van der Waals surface area contributed by atoms with Crippen molar-refractivity contribution in [3.05, 3.63) is 70.8 Å². The maximum atomic E-state index is 12.7. The molecule has 0 radical (unpaired) electrons. The summed E-state index contributed by atoms with van der Waals surface area (Å²) in [6.07, 6.45) is 2.73. The predicted octanol–water partition coefficient (Wildman–Crippen LogP) is 5.98. The van der Waals surface area contributed by atoms with Crippen LogP contribution < -0.4 is 15.4 Å². The van der Waals surface area contributed by atoms with Crippen molar-refractivity contribution in [2.24, 2.45) is 0 Å². The quantitative estimate of drug-likeness (QED) is 0.261. The molecular weight excluding hydrogens is 547 g/mol. The van der Waals surface area contributed by atoms with Gasteiger partial charge in [-0.2, -0.15) is 21.6 Å². The number of amides is 2. The Balaban J connectivity index is 1.70. The van der Waals surface area contributed by atoms with Crippen molar-refractivity contribution in [2.75, 3.05) is 22.5 Å². The van der Waals surface area contributed by atoms with Crippen LogP contribution >= 0.6 is 11.6 Å². The van der Waals surface area contributed by atoms with Gasteiger partial charge in [0.1, 0.15) is 5.82 Å². The number of sulfonamides is 1. The molecule has 0 unspecified atom stereocenters. The highest BCUT2D eigenvalue weighted by molar-refractivity contribution is 7.93. The number of rotatable bonds is 11. The molecule has 0 saturated carbocycles. The Hall–Kier alpha value is -3.29. The highest BCUT2D eigenvalue weighted by atomic mass is 35.5. The number of unbranched alkanes of at least 4 members (excludes halogenated alkanes) is 1. The minimum Gasteiger partial charge on any atom is -0.378 e. The van der Waals surface area contributed by atoms with Gasteiger partial charge in [-0.1, -0.05) is 49.2 Å². The lowest BCUT2D eigenvalue weighted by atomic mass is 10.2. The Labute approximate surface area is 223 Å². The Bertz CT molecular complexity index is 1360. The first-order chi connectivity index (χ1) is 17.9. The Morgan fingerprint density at radius 1 is 1.08 bits per heavy atom. The Morgan fingerprint density at radius 2 is 1.74 bits per heavy atom. The number of nitrogens with zero attached hydrogens (tertiary/aromatic N) is 2. The van der Waals surface area contributed by atoms with Crippen LogP contribution in [0.15, 0.2) is 48.5 Å². The highest BCUT2D eigenvalue weighted by Crippen LogP contribution is 2.29. The van der Waals surface area contributed by atoms with Crippen molar-refractivity contribution < 1.29 is 31.1 Å². The van der Waals surface area contributed by atoms with Crippen LogP contribution in [0.1, 0.15) is 36.8 Å². The maximum Gasteiger partial charge on any atom is 0.516 e.